The van der Waals surface area contributed by atoms with Gasteiger partial charge in [0, 0.05) is 18.8 Å². The maximum Gasteiger partial charge on any atom is 0.261 e. The van der Waals surface area contributed by atoms with Gasteiger partial charge in [-0.2, -0.15) is 0 Å². The number of ether oxygens (including phenoxy) is 2. The summed E-state index contributed by atoms with van der Waals surface area (Å²) in [7, 11) is 0. The number of rotatable bonds is 5. The number of fused-ring (bicyclic) bond motifs is 1. The lowest BCUT2D eigenvalue weighted by molar-refractivity contribution is -0.133. The van der Waals surface area contributed by atoms with Crippen LogP contribution >= 0.6 is 11.3 Å². The first kappa shape index (κ1) is 16.5. The quantitative estimate of drug-likeness (QED) is 0.694. The molecule has 7 heteroatoms. The largest absolute Gasteiger partial charge is 0.482 e. The van der Waals surface area contributed by atoms with Crippen molar-refractivity contribution in [2.45, 2.75) is 19.7 Å². The van der Waals surface area contributed by atoms with Crippen molar-refractivity contribution in [2.75, 3.05) is 6.61 Å². The molecule has 3 heterocycles. The van der Waals surface area contributed by atoms with Gasteiger partial charge in [-0.25, -0.2) is 4.98 Å². The number of amides is 1. The Morgan fingerprint density at radius 3 is 2.88 bits per heavy atom. The first-order chi connectivity index (χ1) is 12.8. The fourth-order valence-corrected chi connectivity index (χ4v) is 3.21. The van der Waals surface area contributed by atoms with Crippen LogP contribution < -0.4 is 9.47 Å². The standard InChI is InChI=1S/C19H17N3O3S/c23-19-12-24-17-6-7-18(25-11-15-8-20-13-26-15)21-16(17)10-22(19)9-14-4-2-1-3-5-14/h1-8,13H,9-12H2. The lowest BCUT2D eigenvalue weighted by Gasteiger charge is -2.19. The molecule has 6 nitrogen and oxygen atoms in total. The van der Waals surface area contributed by atoms with E-state index in [1.54, 1.807) is 22.7 Å². The van der Waals surface area contributed by atoms with Crippen LogP contribution in [-0.4, -0.2) is 27.4 Å². The Balaban J connectivity index is 1.50. The Labute approximate surface area is 155 Å². The molecule has 0 spiro atoms. The molecule has 0 radical (unpaired) electrons. The first-order valence-electron chi connectivity index (χ1n) is 8.22. The van der Waals surface area contributed by atoms with E-state index < -0.39 is 0 Å². The lowest BCUT2D eigenvalue weighted by Crippen LogP contribution is -2.32. The number of pyridine rings is 1. The predicted molar refractivity (Wildman–Crippen MR) is 96.9 cm³/mol. The van der Waals surface area contributed by atoms with Crippen molar-refractivity contribution in [1.82, 2.24) is 14.9 Å². The van der Waals surface area contributed by atoms with Gasteiger partial charge in [0.25, 0.3) is 5.91 Å². The third kappa shape index (κ3) is 3.83. The van der Waals surface area contributed by atoms with Gasteiger partial charge in [0.1, 0.15) is 18.1 Å². The fourth-order valence-electron chi connectivity index (χ4n) is 2.70. The van der Waals surface area contributed by atoms with Crippen LogP contribution in [0, 0.1) is 0 Å². The summed E-state index contributed by atoms with van der Waals surface area (Å²) in [4.78, 5) is 23.7. The lowest BCUT2D eigenvalue weighted by atomic mass is 10.2. The number of thiazole rings is 1. The summed E-state index contributed by atoms with van der Waals surface area (Å²) in [5, 5.41) is 0. The monoisotopic (exact) mass is 367 g/mol. The molecule has 0 aliphatic carbocycles. The summed E-state index contributed by atoms with van der Waals surface area (Å²) < 4.78 is 11.4. The van der Waals surface area contributed by atoms with E-state index in [4.69, 9.17) is 9.47 Å². The smallest absolute Gasteiger partial charge is 0.261 e. The molecule has 0 atom stereocenters. The average Bonchev–Trinajstić information content (AvgIpc) is 3.14. The van der Waals surface area contributed by atoms with Gasteiger partial charge in [0.2, 0.25) is 5.88 Å². The normalized spacial score (nSPS) is 13.7. The molecule has 0 N–H and O–H groups in total. The molecule has 0 fully saturated rings. The van der Waals surface area contributed by atoms with E-state index in [0.29, 0.717) is 37.0 Å². The molecule has 1 amide bonds. The van der Waals surface area contributed by atoms with Crippen LogP contribution in [0.5, 0.6) is 11.6 Å². The zero-order chi connectivity index (χ0) is 17.8. The van der Waals surface area contributed by atoms with Crippen molar-refractivity contribution in [3.8, 4) is 11.6 Å². The number of benzene rings is 1. The van der Waals surface area contributed by atoms with Gasteiger partial charge < -0.3 is 14.4 Å². The molecule has 0 saturated carbocycles. The van der Waals surface area contributed by atoms with Crippen molar-refractivity contribution in [2.24, 2.45) is 0 Å². The van der Waals surface area contributed by atoms with Crippen LogP contribution in [-0.2, 0) is 24.5 Å². The highest BCUT2D eigenvalue weighted by Gasteiger charge is 2.23. The van der Waals surface area contributed by atoms with Gasteiger partial charge in [0.15, 0.2) is 6.61 Å². The minimum atomic E-state index is -0.0565. The zero-order valence-electron chi connectivity index (χ0n) is 14.0. The second kappa shape index (κ2) is 7.53. The molecular weight excluding hydrogens is 350 g/mol. The highest BCUT2D eigenvalue weighted by molar-refractivity contribution is 7.09. The van der Waals surface area contributed by atoms with Gasteiger partial charge in [0.05, 0.1) is 16.9 Å². The molecule has 1 aliphatic rings. The Hall–Kier alpha value is -2.93. The second-order valence-corrected chi connectivity index (χ2v) is 6.85. The Morgan fingerprint density at radius 1 is 1.19 bits per heavy atom. The van der Waals surface area contributed by atoms with Crippen molar-refractivity contribution < 1.29 is 14.3 Å². The van der Waals surface area contributed by atoms with E-state index in [9.17, 15) is 4.79 Å². The minimum Gasteiger partial charge on any atom is -0.482 e. The van der Waals surface area contributed by atoms with Gasteiger partial charge >= 0.3 is 0 Å². The molecule has 3 aromatic rings. The maximum atomic E-state index is 12.4. The van der Waals surface area contributed by atoms with Crippen molar-refractivity contribution in [3.63, 3.8) is 0 Å². The van der Waals surface area contributed by atoms with Gasteiger partial charge in [-0.15, -0.1) is 11.3 Å². The van der Waals surface area contributed by atoms with Crippen LogP contribution in [0.25, 0.3) is 0 Å². The van der Waals surface area contributed by atoms with E-state index in [1.807, 2.05) is 36.4 Å². The summed E-state index contributed by atoms with van der Waals surface area (Å²) in [6.07, 6.45) is 1.78. The highest BCUT2D eigenvalue weighted by Crippen LogP contribution is 2.26. The van der Waals surface area contributed by atoms with Gasteiger partial charge in [-0.1, -0.05) is 30.3 Å². The summed E-state index contributed by atoms with van der Waals surface area (Å²) in [5.41, 5.74) is 3.54. The average molecular weight is 367 g/mol. The number of hydrogen-bond acceptors (Lipinski definition) is 6. The van der Waals surface area contributed by atoms with Crippen molar-refractivity contribution in [1.29, 1.82) is 0 Å². The molecule has 26 heavy (non-hydrogen) atoms. The SMILES string of the molecule is O=C1COc2ccc(OCc3cncs3)nc2CN1Cc1ccccc1. The van der Waals surface area contributed by atoms with E-state index in [0.717, 1.165) is 10.4 Å². The van der Waals surface area contributed by atoms with Crippen molar-refractivity contribution >= 4 is 17.2 Å². The maximum absolute atomic E-state index is 12.4. The summed E-state index contributed by atoms with van der Waals surface area (Å²) in [6.45, 7) is 1.35. The Bertz CT molecular complexity index is 884. The van der Waals surface area contributed by atoms with Crippen LogP contribution in [0.2, 0.25) is 0 Å². The predicted octanol–water partition coefficient (Wildman–Crippen LogP) is 3.04. The third-order valence-corrected chi connectivity index (χ3v) is 4.77. The molecule has 0 saturated heterocycles. The van der Waals surface area contributed by atoms with Crippen LogP contribution in [0.4, 0.5) is 0 Å². The topological polar surface area (TPSA) is 64.5 Å². The van der Waals surface area contributed by atoms with Crippen molar-refractivity contribution in [3.05, 3.63) is 70.3 Å². The van der Waals surface area contributed by atoms with E-state index in [1.165, 1.54) is 11.3 Å². The highest BCUT2D eigenvalue weighted by atomic mass is 32.1. The molecule has 132 valence electrons. The molecular formula is C19H17N3O3S. The molecule has 1 aromatic carbocycles. The fraction of sp³-hybridized carbons (Fsp3) is 0.211. The third-order valence-electron chi connectivity index (χ3n) is 4.01. The molecule has 4 rings (SSSR count). The molecule has 0 bridgehead atoms. The van der Waals surface area contributed by atoms with Crippen LogP contribution in [0.3, 0.4) is 0 Å². The molecule has 0 unspecified atom stereocenters. The molecule has 2 aromatic heterocycles. The summed E-state index contributed by atoms with van der Waals surface area (Å²) in [5.74, 6) is 1.08. The van der Waals surface area contributed by atoms with Crippen LogP contribution in [0.1, 0.15) is 16.1 Å². The van der Waals surface area contributed by atoms with Crippen LogP contribution in [0.15, 0.2) is 54.2 Å². The number of hydrogen-bond donors (Lipinski definition) is 0. The number of carbonyl (C=O) groups is 1. The Morgan fingerprint density at radius 2 is 2.08 bits per heavy atom. The number of aromatic nitrogens is 2. The number of nitrogens with zero attached hydrogens (tertiary/aromatic N) is 3. The van der Waals surface area contributed by atoms with Gasteiger partial charge in [-0.05, 0) is 11.6 Å². The summed E-state index contributed by atoms with van der Waals surface area (Å²) >= 11 is 1.53. The summed E-state index contributed by atoms with van der Waals surface area (Å²) in [6, 6.07) is 13.5. The minimum absolute atomic E-state index is 0.0165. The first-order valence-corrected chi connectivity index (χ1v) is 9.10. The zero-order valence-corrected chi connectivity index (χ0v) is 14.8. The second-order valence-electron chi connectivity index (χ2n) is 5.87. The Kier molecular flexibility index (Phi) is 4.79. The van der Waals surface area contributed by atoms with Gasteiger partial charge in [-0.3, -0.25) is 9.78 Å². The number of carbonyl (C=O) groups excluding carboxylic acids is 1. The van der Waals surface area contributed by atoms with E-state index in [-0.39, 0.29) is 12.5 Å². The van der Waals surface area contributed by atoms with E-state index in [2.05, 4.69) is 9.97 Å². The van der Waals surface area contributed by atoms with E-state index >= 15 is 0 Å². The molecule has 1 aliphatic heterocycles.